The number of hydrogen-bond acceptors (Lipinski definition) is 4. The van der Waals surface area contributed by atoms with Crippen molar-refractivity contribution in [3.05, 3.63) is 29.8 Å². The van der Waals surface area contributed by atoms with Gasteiger partial charge in [0.25, 0.3) is 0 Å². The average Bonchev–Trinajstić information content (AvgIpc) is 2.56. The zero-order valence-electron chi connectivity index (χ0n) is 14.5. The van der Waals surface area contributed by atoms with Gasteiger partial charge in [-0.15, -0.1) is 24.8 Å². The molecule has 0 heterocycles. The van der Waals surface area contributed by atoms with Crippen LogP contribution in [-0.4, -0.2) is 25.5 Å². The Morgan fingerprint density at radius 1 is 1.12 bits per heavy atom. The predicted octanol–water partition coefficient (Wildman–Crippen LogP) is 3.65. The number of anilines is 1. The zero-order chi connectivity index (χ0) is 16.7. The summed E-state index contributed by atoms with van der Waals surface area (Å²) in [5, 5.41) is 2.84. The van der Waals surface area contributed by atoms with Crippen LogP contribution in [0.3, 0.4) is 0 Å². The summed E-state index contributed by atoms with van der Waals surface area (Å²) in [7, 11) is 1.45. The molecule has 1 aliphatic carbocycles. The normalized spacial score (nSPS) is 19.1. The number of hydrogen-bond donors (Lipinski definition) is 2. The van der Waals surface area contributed by atoms with Crippen molar-refractivity contribution in [1.82, 2.24) is 0 Å². The van der Waals surface area contributed by atoms with E-state index in [4.69, 9.17) is 10.5 Å². The second-order valence-corrected chi connectivity index (χ2v) is 6.21. The van der Waals surface area contributed by atoms with Gasteiger partial charge >= 0.3 is 5.97 Å². The maximum Gasteiger partial charge on any atom is 0.305 e. The van der Waals surface area contributed by atoms with Crippen LogP contribution >= 0.6 is 24.8 Å². The van der Waals surface area contributed by atoms with E-state index in [2.05, 4.69) is 17.4 Å². The van der Waals surface area contributed by atoms with E-state index in [0.29, 0.717) is 31.2 Å². The third kappa shape index (κ3) is 7.63. The summed E-state index contributed by atoms with van der Waals surface area (Å²) in [6, 6.07) is 8.07. The molecule has 25 heavy (non-hydrogen) atoms. The van der Waals surface area contributed by atoms with E-state index in [1.54, 1.807) is 0 Å². The molecule has 5 nitrogen and oxygen atoms in total. The van der Waals surface area contributed by atoms with E-state index in [1.165, 1.54) is 12.7 Å². The van der Waals surface area contributed by atoms with E-state index in [1.807, 2.05) is 12.1 Å². The summed E-state index contributed by atoms with van der Waals surface area (Å²) in [6.07, 6.45) is 5.20. The molecule has 1 aromatic rings. The number of halogens is 2. The second-order valence-electron chi connectivity index (χ2n) is 6.21. The highest BCUT2D eigenvalue weighted by Gasteiger charge is 2.24. The summed E-state index contributed by atoms with van der Waals surface area (Å²) in [5.41, 5.74) is 7.48. The number of nitrogens with one attached hydrogen (secondary N) is 1. The van der Waals surface area contributed by atoms with Crippen molar-refractivity contribution in [2.45, 2.75) is 44.4 Å². The molecule has 1 aromatic carbocycles. The molecule has 3 N–H and O–H groups in total. The van der Waals surface area contributed by atoms with Gasteiger partial charge < -0.3 is 15.8 Å². The number of amides is 1. The average molecular weight is 391 g/mol. The second kappa shape index (κ2) is 12.1. The summed E-state index contributed by atoms with van der Waals surface area (Å²) >= 11 is 0. The van der Waals surface area contributed by atoms with Crippen LogP contribution in [0, 0.1) is 5.92 Å². The first kappa shape index (κ1) is 23.7. The van der Waals surface area contributed by atoms with Gasteiger partial charge in [-0.3, -0.25) is 9.59 Å². The lowest BCUT2D eigenvalue weighted by molar-refractivity contribution is -0.142. The van der Waals surface area contributed by atoms with Gasteiger partial charge in [0.05, 0.1) is 7.11 Å². The fraction of sp³-hybridized carbons (Fsp3) is 0.556. The van der Waals surface area contributed by atoms with Crippen molar-refractivity contribution in [3.63, 3.8) is 0 Å². The molecule has 1 amide bonds. The number of methoxy groups -OCH3 is 1. The molecule has 0 spiro atoms. The standard InChI is InChI=1S/C18H26N2O3.2ClH/c1-23-18(22)12-13-2-4-14(5-3-13)15-6-8-16(9-7-15)20-17(21)10-11-19;;/h6-9,13-14H,2-5,10-12,19H2,1H3,(H,20,21);2*1H. The third-order valence-electron chi connectivity index (χ3n) is 4.57. The summed E-state index contributed by atoms with van der Waals surface area (Å²) in [5.74, 6) is 0.834. The Hall–Kier alpha value is -1.30. The number of carbonyl (C=O) groups is 2. The van der Waals surface area contributed by atoms with E-state index in [9.17, 15) is 9.59 Å². The highest BCUT2D eigenvalue weighted by atomic mass is 35.5. The smallest absolute Gasteiger partial charge is 0.305 e. The number of esters is 1. The van der Waals surface area contributed by atoms with Gasteiger partial charge in [-0.1, -0.05) is 12.1 Å². The Kier molecular flexibility index (Phi) is 11.5. The van der Waals surface area contributed by atoms with Crippen molar-refractivity contribution in [2.75, 3.05) is 19.0 Å². The maximum atomic E-state index is 11.5. The first-order valence-corrected chi connectivity index (χ1v) is 8.29. The highest BCUT2D eigenvalue weighted by Crippen LogP contribution is 2.37. The van der Waals surface area contributed by atoms with Crippen LogP contribution in [-0.2, 0) is 14.3 Å². The number of carbonyl (C=O) groups excluding carboxylic acids is 2. The predicted molar refractivity (Wildman–Crippen MR) is 105 cm³/mol. The van der Waals surface area contributed by atoms with Crippen LogP contribution in [0.15, 0.2) is 24.3 Å². The molecule has 0 bridgehead atoms. The molecule has 142 valence electrons. The van der Waals surface area contributed by atoms with Gasteiger partial charge in [-0.05, 0) is 55.2 Å². The van der Waals surface area contributed by atoms with Crippen LogP contribution in [0.1, 0.15) is 50.0 Å². The number of benzene rings is 1. The topological polar surface area (TPSA) is 81.4 Å². The lowest BCUT2D eigenvalue weighted by Crippen LogP contribution is -2.17. The fourth-order valence-corrected chi connectivity index (χ4v) is 3.21. The summed E-state index contributed by atoms with van der Waals surface area (Å²) in [6.45, 7) is 0.360. The van der Waals surface area contributed by atoms with Crippen LogP contribution in [0.25, 0.3) is 0 Å². The SMILES string of the molecule is COC(=O)CC1CCC(c2ccc(NC(=O)CCN)cc2)CC1.Cl.Cl. The van der Waals surface area contributed by atoms with Crippen LogP contribution < -0.4 is 11.1 Å². The zero-order valence-corrected chi connectivity index (χ0v) is 16.2. The van der Waals surface area contributed by atoms with Crippen LogP contribution in [0.5, 0.6) is 0 Å². The third-order valence-corrected chi connectivity index (χ3v) is 4.57. The van der Waals surface area contributed by atoms with E-state index in [0.717, 1.165) is 31.4 Å². The lowest BCUT2D eigenvalue weighted by atomic mass is 9.77. The van der Waals surface area contributed by atoms with Crippen molar-refractivity contribution in [1.29, 1.82) is 0 Å². The van der Waals surface area contributed by atoms with Gasteiger partial charge in [-0.25, -0.2) is 0 Å². The maximum absolute atomic E-state index is 11.5. The Balaban J connectivity index is 0.00000288. The lowest BCUT2D eigenvalue weighted by Gasteiger charge is -2.28. The van der Waals surface area contributed by atoms with Crippen molar-refractivity contribution < 1.29 is 14.3 Å². The Bertz CT molecular complexity index is 530. The van der Waals surface area contributed by atoms with Crippen molar-refractivity contribution >= 4 is 42.4 Å². The first-order valence-electron chi connectivity index (χ1n) is 8.29. The van der Waals surface area contributed by atoms with Gasteiger partial charge in [0, 0.05) is 25.1 Å². The van der Waals surface area contributed by atoms with Crippen LogP contribution in [0.4, 0.5) is 5.69 Å². The minimum Gasteiger partial charge on any atom is -0.469 e. The van der Waals surface area contributed by atoms with Gasteiger partial charge in [0.15, 0.2) is 0 Å². The number of nitrogens with two attached hydrogens (primary N) is 1. The molecule has 0 atom stereocenters. The first-order chi connectivity index (χ1) is 11.1. The Morgan fingerprint density at radius 2 is 1.72 bits per heavy atom. The monoisotopic (exact) mass is 390 g/mol. The Morgan fingerprint density at radius 3 is 2.24 bits per heavy atom. The van der Waals surface area contributed by atoms with E-state index in [-0.39, 0.29) is 36.7 Å². The molecule has 1 aliphatic rings. The number of rotatable bonds is 6. The largest absolute Gasteiger partial charge is 0.469 e. The minimum atomic E-state index is -0.106. The molecular formula is C18H28Cl2N2O3. The van der Waals surface area contributed by atoms with Crippen LogP contribution in [0.2, 0.25) is 0 Å². The van der Waals surface area contributed by atoms with Gasteiger partial charge in [0.1, 0.15) is 0 Å². The molecule has 1 saturated carbocycles. The van der Waals surface area contributed by atoms with E-state index >= 15 is 0 Å². The van der Waals surface area contributed by atoms with Gasteiger partial charge in [0.2, 0.25) is 5.91 Å². The van der Waals surface area contributed by atoms with E-state index < -0.39 is 0 Å². The molecule has 0 radical (unpaired) electrons. The molecule has 0 unspecified atom stereocenters. The minimum absolute atomic E-state index is 0. The summed E-state index contributed by atoms with van der Waals surface area (Å²) < 4.78 is 4.75. The van der Waals surface area contributed by atoms with Gasteiger partial charge in [-0.2, -0.15) is 0 Å². The molecule has 0 saturated heterocycles. The highest BCUT2D eigenvalue weighted by molar-refractivity contribution is 5.90. The fourth-order valence-electron chi connectivity index (χ4n) is 3.21. The molecule has 2 rings (SSSR count). The molecule has 1 fully saturated rings. The number of ether oxygens (including phenoxy) is 1. The Labute approximate surface area is 161 Å². The quantitative estimate of drug-likeness (QED) is 0.726. The molecule has 0 aliphatic heterocycles. The molecular weight excluding hydrogens is 363 g/mol. The van der Waals surface area contributed by atoms with Crippen molar-refractivity contribution in [3.8, 4) is 0 Å². The molecule has 7 heteroatoms. The van der Waals surface area contributed by atoms with Crippen molar-refractivity contribution in [2.24, 2.45) is 11.7 Å². The summed E-state index contributed by atoms with van der Waals surface area (Å²) in [4.78, 5) is 22.9. The molecule has 0 aromatic heterocycles.